The summed E-state index contributed by atoms with van der Waals surface area (Å²) >= 11 is 0. The first kappa shape index (κ1) is 57.6. The zero-order valence-corrected chi connectivity index (χ0v) is 39.8. The normalized spacial score (nSPS) is 12.3. The van der Waals surface area contributed by atoms with E-state index in [1.807, 2.05) is 0 Å². The number of carboxylic acid groups (broad SMARTS) is 1. The fraction of sp³-hybridized carbons (Fsp3) is 0.833. The molecule has 0 rings (SSSR count). The van der Waals surface area contributed by atoms with Crippen LogP contribution in [-0.2, 0) is 19.1 Å². The standard InChI is InChI=1S/C54H99NO5/c1-3-5-7-9-11-13-15-17-19-20-21-22-23-24-25-26-28-30-32-34-36-41-45-49-54(59)60-51(47-43-39-37-40-44-48-52(56)55-50-53(57)58)46-42-38-35-33-31-29-27-18-16-14-12-10-8-6-4-2/h15,17,20-21,23-24,51H,3-14,16,18-19,22,25-50H2,1-2H3,(H,55,56)(H,57,58)/b17-15-,21-20-,24-23-. The maximum atomic E-state index is 12.9. The van der Waals surface area contributed by atoms with Crippen molar-refractivity contribution in [1.82, 2.24) is 5.32 Å². The monoisotopic (exact) mass is 842 g/mol. The molecule has 0 aromatic heterocycles. The zero-order valence-electron chi connectivity index (χ0n) is 39.8. The number of carbonyl (C=O) groups excluding carboxylic acids is 2. The zero-order chi connectivity index (χ0) is 43.7. The highest BCUT2D eigenvalue weighted by atomic mass is 16.5. The van der Waals surface area contributed by atoms with Crippen LogP contribution in [0.2, 0.25) is 0 Å². The number of hydrogen-bond acceptors (Lipinski definition) is 4. The highest BCUT2D eigenvalue weighted by Gasteiger charge is 2.14. The van der Waals surface area contributed by atoms with Gasteiger partial charge in [0.1, 0.15) is 12.6 Å². The Morgan fingerprint density at radius 2 is 0.767 bits per heavy atom. The van der Waals surface area contributed by atoms with Crippen molar-refractivity contribution in [3.63, 3.8) is 0 Å². The Hall–Kier alpha value is -2.37. The van der Waals surface area contributed by atoms with Crippen LogP contribution in [0.25, 0.3) is 0 Å². The second-order valence-electron chi connectivity index (χ2n) is 17.8. The molecule has 6 heteroatoms. The number of amides is 1. The number of carboxylic acids is 1. The van der Waals surface area contributed by atoms with Crippen LogP contribution in [-0.4, -0.2) is 35.6 Å². The molecular formula is C54H99NO5. The van der Waals surface area contributed by atoms with Gasteiger partial charge < -0.3 is 15.2 Å². The van der Waals surface area contributed by atoms with Crippen molar-refractivity contribution in [3.05, 3.63) is 36.5 Å². The van der Waals surface area contributed by atoms with Gasteiger partial charge in [-0.3, -0.25) is 14.4 Å². The molecule has 0 saturated carbocycles. The van der Waals surface area contributed by atoms with Crippen LogP contribution < -0.4 is 5.32 Å². The predicted octanol–water partition coefficient (Wildman–Crippen LogP) is 16.8. The quantitative estimate of drug-likeness (QED) is 0.0362. The van der Waals surface area contributed by atoms with E-state index in [0.717, 1.165) is 77.0 Å². The van der Waals surface area contributed by atoms with Gasteiger partial charge in [0.25, 0.3) is 0 Å². The van der Waals surface area contributed by atoms with E-state index in [-0.39, 0.29) is 24.5 Å². The molecule has 0 bridgehead atoms. The summed E-state index contributed by atoms with van der Waals surface area (Å²) in [5.74, 6) is -1.22. The minimum absolute atomic E-state index is 0.0165. The van der Waals surface area contributed by atoms with E-state index >= 15 is 0 Å². The van der Waals surface area contributed by atoms with Crippen LogP contribution in [0.1, 0.15) is 277 Å². The van der Waals surface area contributed by atoms with Gasteiger partial charge in [0.2, 0.25) is 5.91 Å². The summed E-state index contributed by atoms with van der Waals surface area (Å²) in [6, 6.07) is 0. The lowest BCUT2D eigenvalue weighted by Crippen LogP contribution is -2.28. The Kier molecular flexibility index (Phi) is 47.3. The van der Waals surface area contributed by atoms with E-state index in [1.54, 1.807) is 0 Å². The van der Waals surface area contributed by atoms with Gasteiger partial charge in [-0.25, -0.2) is 0 Å². The summed E-state index contributed by atoms with van der Waals surface area (Å²) in [5.41, 5.74) is 0. The van der Waals surface area contributed by atoms with Crippen LogP contribution in [0.4, 0.5) is 0 Å². The van der Waals surface area contributed by atoms with Gasteiger partial charge in [-0.1, -0.05) is 224 Å². The fourth-order valence-electron chi connectivity index (χ4n) is 7.94. The summed E-state index contributed by atoms with van der Waals surface area (Å²) in [6.07, 6.45) is 62.9. The van der Waals surface area contributed by atoms with E-state index in [9.17, 15) is 14.4 Å². The topological polar surface area (TPSA) is 92.7 Å². The SMILES string of the molecule is CCCCCCC/C=C\C/C=C\C/C=C\CCCCCCCCCCC(=O)OC(CCCCCCCCCCCCCCCCC)CCCCCCCC(=O)NCC(=O)O. The smallest absolute Gasteiger partial charge is 0.322 e. The van der Waals surface area contributed by atoms with Crippen LogP contribution in [0.3, 0.4) is 0 Å². The molecule has 1 amide bonds. The summed E-state index contributed by atoms with van der Waals surface area (Å²) in [5, 5.41) is 11.1. The fourth-order valence-corrected chi connectivity index (χ4v) is 7.94. The molecule has 0 fully saturated rings. The molecule has 0 aliphatic rings. The number of rotatable bonds is 48. The maximum absolute atomic E-state index is 12.9. The number of ether oxygens (including phenoxy) is 1. The number of esters is 1. The van der Waals surface area contributed by atoms with Crippen LogP contribution in [0.15, 0.2) is 36.5 Å². The van der Waals surface area contributed by atoms with Crippen molar-refractivity contribution < 1.29 is 24.2 Å². The number of aliphatic carboxylic acids is 1. The van der Waals surface area contributed by atoms with Gasteiger partial charge in [-0.05, 0) is 77.0 Å². The van der Waals surface area contributed by atoms with Crippen molar-refractivity contribution in [2.45, 2.75) is 283 Å². The van der Waals surface area contributed by atoms with Crippen molar-refractivity contribution in [1.29, 1.82) is 0 Å². The number of allylic oxidation sites excluding steroid dienone is 6. The summed E-state index contributed by atoms with van der Waals surface area (Å²) in [7, 11) is 0. The molecule has 1 unspecified atom stereocenters. The van der Waals surface area contributed by atoms with E-state index in [4.69, 9.17) is 9.84 Å². The lowest BCUT2D eigenvalue weighted by Gasteiger charge is -2.18. The first-order valence-corrected chi connectivity index (χ1v) is 26.1. The summed E-state index contributed by atoms with van der Waals surface area (Å²) in [4.78, 5) is 35.2. The third kappa shape index (κ3) is 48.3. The van der Waals surface area contributed by atoms with Gasteiger partial charge in [-0.2, -0.15) is 0 Å². The average molecular weight is 842 g/mol. The maximum Gasteiger partial charge on any atom is 0.322 e. The molecule has 0 aliphatic heterocycles. The minimum Gasteiger partial charge on any atom is -0.480 e. The van der Waals surface area contributed by atoms with E-state index in [2.05, 4.69) is 55.6 Å². The molecule has 350 valence electrons. The molecule has 0 saturated heterocycles. The molecule has 1 atom stereocenters. The van der Waals surface area contributed by atoms with Gasteiger partial charge in [0, 0.05) is 12.8 Å². The molecule has 60 heavy (non-hydrogen) atoms. The second-order valence-corrected chi connectivity index (χ2v) is 17.8. The molecular weight excluding hydrogens is 743 g/mol. The van der Waals surface area contributed by atoms with Crippen molar-refractivity contribution in [2.24, 2.45) is 0 Å². The second kappa shape index (κ2) is 49.3. The first-order valence-electron chi connectivity index (χ1n) is 26.1. The van der Waals surface area contributed by atoms with Gasteiger partial charge in [-0.15, -0.1) is 0 Å². The Labute approximate surface area is 372 Å². The largest absolute Gasteiger partial charge is 0.480 e. The molecule has 0 aromatic rings. The van der Waals surface area contributed by atoms with Crippen LogP contribution >= 0.6 is 0 Å². The van der Waals surface area contributed by atoms with Gasteiger partial charge in [0.05, 0.1) is 0 Å². The predicted molar refractivity (Wildman–Crippen MR) is 259 cm³/mol. The van der Waals surface area contributed by atoms with E-state index in [1.165, 1.54) is 173 Å². The molecule has 6 nitrogen and oxygen atoms in total. The molecule has 0 aromatic carbocycles. The summed E-state index contributed by atoms with van der Waals surface area (Å²) in [6.45, 7) is 4.24. The van der Waals surface area contributed by atoms with Crippen LogP contribution in [0.5, 0.6) is 0 Å². The van der Waals surface area contributed by atoms with E-state index < -0.39 is 5.97 Å². The molecule has 2 N–H and O–H groups in total. The highest BCUT2D eigenvalue weighted by Crippen LogP contribution is 2.19. The third-order valence-electron chi connectivity index (χ3n) is 11.8. The Balaban J connectivity index is 4.09. The van der Waals surface area contributed by atoms with Crippen molar-refractivity contribution >= 4 is 17.8 Å². The molecule has 0 aliphatic carbocycles. The highest BCUT2D eigenvalue weighted by molar-refractivity contribution is 5.80. The third-order valence-corrected chi connectivity index (χ3v) is 11.8. The first-order chi connectivity index (χ1) is 29.5. The minimum atomic E-state index is -1.01. The van der Waals surface area contributed by atoms with E-state index in [0.29, 0.717) is 12.8 Å². The van der Waals surface area contributed by atoms with Gasteiger partial charge >= 0.3 is 11.9 Å². The van der Waals surface area contributed by atoms with Crippen LogP contribution in [0, 0.1) is 0 Å². The number of hydrogen-bond donors (Lipinski definition) is 2. The lowest BCUT2D eigenvalue weighted by molar-refractivity contribution is -0.150. The Morgan fingerprint density at radius 3 is 1.17 bits per heavy atom. The number of carbonyl (C=O) groups is 3. The van der Waals surface area contributed by atoms with Crippen molar-refractivity contribution in [2.75, 3.05) is 6.54 Å². The van der Waals surface area contributed by atoms with Crippen molar-refractivity contribution in [3.8, 4) is 0 Å². The average Bonchev–Trinajstić information content (AvgIpc) is 3.24. The number of unbranched alkanes of at least 4 members (excludes halogenated alkanes) is 31. The molecule has 0 spiro atoms. The Morgan fingerprint density at radius 1 is 0.433 bits per heavy atom. The number of nitrogens with one attached hydrogen (secondary N) is 1. The van der Waals surface area contributed by atoms with Gasteiger partial charge in [0.15, 0.2) is 0 Å². The molecule has 0 radical (unpaired) electrons. The molecule has 0 heterocycles. The lowest BCUT2D eigenvalue weighted by atomic mass is 10.0. The summed E-state index contributed by atoms with van der Waals surface area (Å²) < 4.78 is 6.07. The Bertz CT molecular complexity index is 1020.